The highest BCUT2D eigenvalue weighted by Crippen LogP contribution is 2.13. The summed E-state index contributed by atoms with van der Waals surface area (Å²) < 4.78 is 6.44. The van der Waals surface area contributed by atoms with Crippen LogP contribution in [0.4, 0.5) is 0 Å². The van der Waals surface area contributed by atoms with Gasteiger partial charge in [0.1, 0.15) is 18.6 Å². The lowest BCUT2D eigenvalue weighted by molar-refractivity contribution is -0.141. The maximum atomic E-state index is 11.3. The SMILES string of the molecule is COC(=O)Cn1c(-c2ccncn2)n[nH]c1=S. The number of methoxy groups -OCH3 is 1. The van der Waals surface area contributed by atoms with Gasteiger partial charge in [0.05, 0.1) is 7.11 Å². The fourth-order valence-electron chi connectivity index (χ4n) is 1.28. The van der Waals surface area contributed by atoms with Crippen LogP contribution in [-0.2, 0) is 16.1 Å². The zero-order chi connectivity index (χ0) is 12.3. The molecule has 0 bridgehead atoms. The van der Waals surface area contributed by atoms with Crippen LogP contribution in [-0.4, -0.2) is 37.8 Å². The summed E-state index contributed by atoms with van der Waals surface area (Å²) in [4.78, 5) is 19.1. The second-order valence-corrected chi connectivity index (χ2v) is 3.50. The largest absolute Gasteiger partial charge is 0.468 e. The van der Waals surface area contributed by atoms with Crippen LogP contribution in [0.25, 0.3) is 11.5 Å². The van der Waals surface area contributed by atoms with Crippen LogP contribution in [0, 0.1) is 4.77 Å². The van der Waals surface area contributed by atoms with Crippen LogP contribution in [0.1, 0.15) is 0 Å². The third-order valence-corrected chi connectivity index (χ3v) is 2.40. The van der Waals surface area contributed by atoms with Gasteiger partial charge in [-0.3, -0.25) is 14.5 Å². The van der Waals surface area contributed by atoms with Gasteiger partial charge in [-0.1, -0.05) is 0 Å². The van der Waals surface area contributed by atoms with Crippen LogP contribution in [0.15, 0.2) is 18.6 Å². The Balaban J connectivity index is 2.43. The van der Waals surface area contributed by atoms with E-state index in [-0.39, 0.29) is 6.54 Å². The Morgan fingerprint density at radius 1 is 1.65 bits per heavy atom. The molecule has 17 heavy (non-hydrogen) atoms. The molecule has 7 nitrogen and oxygen atoms in total. The van der Waals surface area contributed by atoms with E-state index in [9.17, 15) is 4.79 Å². The number of aromatic amines is 1. The number of ether oxygens (including phenoxy) is 1. The minimum atomic E-state index is -0.405. The van der Waals surface area contributed by atoms with Gasteiger partial charge in [0.2, 0.25) is 0 Å². The van der Waals surface area contributed by atoms with Crippen molar-refractivity contribution in [1.82, 2.24) is 24.7 Å². The van der Waals surface area contributed by atoms with Gasteiger partial charge in [-0.15, -0.1) is 0 Å². The van der Waals surface area contributed by atoms with Crippen LogP contribution >= 0.6 is 12.2 Å². The van der Waals surface area contributed by atoms with E-state index in [0.717, 1.165) is 0 Å². The van der Waals surface area contributed by atoms with Crippen LogP contribution in [0.3, 0.4) is 0 Å². The molecule has 0 spiro atoms. The van der Waals surface area contributed by atoms with Crippen molar-refractivity contribution in [1.29, 1.82) is 0 Å². The third kappa shape index (κ3) is 2.36. The molecule has 0 aliphatic carbocycles. The standard InChI is InChI=1S/C9H9N5O2S/c1-16-7(15)4-14-8(12-13-9(14)17)6-2-3-10-5-11-6/h2-3,5H,4H2,1H3,(H,13,17). The quantitative estimate of drug-likeness (QED) is 0.634. The number of nitrogens with one attached hydrogen (secondary N) is 1. The predicted octanol–water partition coefficient (Wildman–Crippen LogP) is 0.571. The van der Waals surface area contributed by atoms with Crippen LogP contribution in [0.5, 0.6) is 0 Å². The Morgan fingerprint density at radius 2 is 2.47 bits per heavy atom. The second kappa shape index (κ2) is 4.83. The summed E-state index contributed by atoms with van der Waals surface area (Å²) >= 11 is 5.03. The fourth-order valence-corrected chi connectivity index (χ4v) is 1.47. The van der Waals surface area contributed by atoms with E-state index in [1.165, 1.54) is 18.0 Å². The first-order valence-electron chi connectivity index (χ1n) is 4.71. The van der Waals surface area contributed by atoms with Crippen molar-refractivity contribution in [3.05, 3.63) is 23.4 Å². The maximum Gasteiger partial charge on any atom is 0.325 e. The molecule has 2 rings (SSSR count). The van der Waals surface area contributed by atoms with Crippen molar-refractivity contribution < 1.29 is 9.53 Å². The van der Waals surface area contributed by atoms with Gasteiger partial charge in [0.25, 0.3) is 0 Å². The lowest BCUT2D eigenvalue weighted by Gasteiger charge is -2.04. The number of hydrogen-bond acceptors (Lipinski definition) is 6. The number of aromatic nitrogens is 5. The third-order valence-electron chi connectivity index (χ3n) is 2.08. The predicted molar refractivity (Wildman–Crippen MR) is 60.5 cm³/mol. The molecule has 2 aromatic heterocycles. The molecule has 0 atom stereocenters. The van der Waals surface area contributed by atoms with Gasteiger partial charge < -0.3 is 4.74 Å². The molecule has 0 saturated heterocycles. The highest BCUT2D eigenvalue weighted by atomic mass is 32.1. The van der Waals surface area contributed by atoms with E-state index in [4.69, 9.17) is 12.2 Å². The first-order chi connectivity index (χ1) is 8.22. The van der Waals surface area contributed by atoms with Crippen molar-refractivity contribution in [2.24, 2.45) is 0 Å². The molecule has 0 aliphatic heterocycles. The van der Waals surface area contributed by atoms with E-state index < -0.39 is 5.97 Å². The Hall–Kier alpha value is -2.09. The molecule has 8 heteroatoms. The van der Waals surface area contributed by atoms with Gasteiger partial charge in [-0.2, -0.15) is 5.10 Å². The van der Waals surface area contributed by atoms with E-state index in [1.54, 1.807) is 12.3 Å². The average molecular weight is 251 g/mol. The van der Waals surface area contributed by atoms with Gasteiger partial charge in [0, 0.05) is 6.20 Å². The van der Waals surface area contributed by atoms with Crippen molar-refractivity contribution in [3.8, 4) is 11.5 Å². The summed E-state index contributed by atoms with van der Waals surface area (Å²) in [5, 5.41) is 6.63. The zero-order valence-electron chi connectivity index (χ0n) is 8.95. The van der Waals surface area contributed by atoms with Crippen molar-refractivity contribution >= 4 is 18.2 Å². The molecule has 2 aromatic rings. The summed E-state index contributed by atoms with van der Waals surface area (Å²) in [6.45, 7) is -0.00876. The highest BCUT2D eigenvalue weighted by molar-refractivity contribution is 7.71. The monoisotopic (exact) mass is 251 g/mol. The Kier molecular flexibility index (Phi) is 3.24. The highest BCUT2D eigenvalue weighted by Gasteiger charge is 2.12. The van der Waals surface area contributed by atoms with Gasteiger partial charge in [-0.05, 0) is 18.3 Å². The average Bonchev–Trinajstić information content (AvgIpc) is 2.72. The second-order valence-electron chi connectivity index (χ2n) is 3.11. The van der Waals surface area contributed by atoms with Crippen LogP contribution < -0.4 is 0 Å². The number of hydrogen-bond donors (Lipinski definition) is 1. The van der Waals surface area contributed by atoms with Gasteiger partial charge >= 0.3 is 5.97 Å². The molecule has 0 aliphatic rings. The first-order valence-corrected chi connectivity index (χ1v) is 5.11. The van der Waals surface area contributed by atoms with Crippen molar-refractivity contribution in [3.63, 3.8) is 0 Å². The normalized spacial score (nSPS) is 10.2. The number of H-pyrrole nitrogens is 1. The van der Waals surface area contributed by atoms with Crippen molar-refractivity contribution in [2.75, 3.05) is 7.11 Å². The molecule has 0 saturated carbocycles. The Bertz CT molecular complexity index is 577. The molecule has 0 fully saturated rings. The Labute approximate surface area is 101 Å². The number of esters is 1. The van der Waals surface area contributed by atoms with E-state index in [2.05, 4.69) is 24.9 Å². The number of carbonyl (C=O) groups is 1. The first kappa shape index (κ1) is 11.4. The molecular formula is C9H9N5O2S. The summed E-state index contributed by atoms with van der Waals surface area (Å²) in [6.07, 6.45) is 2.98. The molecule has 88 valence electrons. The topological polar surface area (TPSA) is 85.7 Å². The Morgan fingerprint density at radius 3 is 3.12 bits per heavy atom. The van der Waals surface area contributed by atoms with Gasteiger partial charge in [-0.25, -0.2) is 9.97 Å². The van der Waals surface area contributed by atoms with E-state index in [0.29, 0.717) is 16.3 Å². The number of carbonyl (C=O) groups excluding carboxylic acids is 1. The fraction of sp³-hybridized carbons (Fsp3) is 0.222. The maximum absolute atomic E-state index is 11.3. The minimum Gasteiger partial charge on any atom is -0.468 e. The molecule has 0 unspecified atom stereocenters. The van der Waals surface area contributed by atoms with E-state index >= 15 is 0 Å². The number of nitrogens with zero attached hydrogens (tertiary/aromatic N) is 4. The minimum absolute atomic E-state index is 0.00876. The smallest absolute Gasteiger partial charge is 0.325 e. The molecule has 2 heterocycles. The lowest BCUT2D eigenvalue weighted by atomic mass is 10.4. The van der Waals surface area contributed by atoms with E-state index in [1.807, 2.05) is 0 Å². The summed E-state index contributed by atoms with van der Waals surface area (Å²) in [5.74, 6) is 0.0700. The summed E-state index contributed by atoms with van der Waals surface area (Å²) in [7, 11) is 1.32. The zero-order valence-corrected chi connectivity index (χ0v) is 9.77. The number of rotatable bonds is 3. The molecule has 0 amide bonds. The van der Waals surface area contributed by atoms with Crippen LogP contribution in [0.2, 0.25) is 0 Å². The van der Waals surface area contributed by atoms with Gasteiger partial charge in [0.15, 0.2) is 10.6 Å². The lowest BCUT2D eigenvalue weighted by Crippen LogP contribution is -2.13. The molecular weight excluding hydrogens is 242 g/mol. The summed E-state index contributed by atoms with van der Waals surface area (Å²) in [6, 6.07) is 1.68. The molecule has 0 aromatic carbocycles. The molecule has 0 radical (unpaired) electrons. The molecule has 1 N–H and O–H groups in total. The van der Waals surface area contributed by atoms with Crippen molar-refractivity contribution in [2.45, 2.75) is 6.54 Å². The summed E-state index contributed by atoms with van der Waals surface area (Å²) in [5.41, 5.74) is 0.580.